The lowest BCUT2D eigenvalue weighted by Crippen LogP contribution is -2.54. The maximum Gasteiger partial charge on any atom is 0.408 e. The third-order valence-electron chi connectivity index (χ3n) is 6.88. The number of aryl methyl sites for hydroxylation is 1. The molecule has 3 amide bonds. The number of carbonyl (C=O) groups excluding carboxylic acids is 3. The van der Waals surface area contributed by atoms with Crippen molar-refractivity contribution in [2.24, 2.45) is 0 Å². The Labute approximate surface area is 250 Å². The molecule has 0 aromatic heterocycles. The number of rotatable bonds is 14. The Hall–Kier alpha value is -3.75. The third-order valence-corrected chi connectivity index (χ3v) is 6.88. The highest BCUT2D eigenvalue weighted by atomic mass is 16.6. The fourth-order valence-corrected chi connectivity index (χ4v) is 4.80. The van der Waals surface area contributed by atoms with Gasteiger partial charge in [0.25, 0.3) is 0 Å². The highest BCUT2D eigenvalue weighted by molar-refractivity contribution is 5.93. The molecular weight excluding hydrogens is 534 g/mol. The predicted molar refractivity (Wildman–Crippen MR) is 164 cm³/mol. The number of amides is 3. The van der Waals surface area contributed by atoms with Crippen LogP contribution in [0.2, 0.25) is 0 Å². The molecule has 0 bridgehead atoms. The molecule has 2 aromatic carbocycles. The van der Waals surface area contributed by atoms with Crippen LogP contribution in [0.3, 0.4) is 0 Å². The SMILES string of the molecule is CCCCCN(C(=O)C(Cc1ccc(O)cc1)NC(=O)OC(C)(C)C)C(C(=O)NC(C)CCC)c1cccc(C)c1O. The molecule has 42 heavy (non-hydrogen) atoms. The molecule has 3 unspecified atom stereocenters. The molecule has 232 valence electrons. The number of phenolic OH excluding ortho intramolecular Hbond substituents is 2. The molecule has 9 nitrogen and oxygen atoms in total. The fraction of sp³-hybridized carbons (Fsp3) is 0.545. The van der Waals surface area contributed by atoms with Crippen LogP contribution in [0.25, 0.3) is 0 Å². The average Bonchev–Trinajstić information content (AvgIpc) is 2.90. The van der Waals surface area contributed by atoms with Gasteiger partial charge in [0.15, 0.2) is 0 Å². The summed E-state index contributed by atoms with van der Waals surface area (Å²) < 4.78 is 5.48. The summed E-state index contributed by atoms with van der Waals surface area (Å²) in [7, 11) is 0. The van der Waals surface area contributed by atoms with E-state index >= 15 is 0 Å². The van der Waals surface area contributed by atoms with Crippen LogP contribution >= 0.6 is 0 Å². The lowest BCUT2D eigenvalue weighted by atomic mass is 9.97. The summed E-state index contributed by atoms with van der Waals surface area (Å²) in [5.74, 6) is -0.850. The van der Waals surface area contributed by atoms with Gasteiger partial charge in [-0.25, -0.2) is 4.79 Å². The fourth-order valence-electron chi connectivity index (χ4n) is 4.80. The van der Waals surface area contributed by atoms with Crippen LogP contribution in [0.4, 0.5) is 4.79 Å². The number of hydrogen-bond acceptors (Lipinski definition) is 6. The number of alkyl carbamates (subject to hydrolysis) is 1. The third kappa shape index (κ3) is 10.6. The highest BCUT2D eigenvalue weighted by Gasteiger charge is 2.38. The van der Waals surface area contributed by atoms with Gasteiger partial charge in [-0.05, 0) is 70.7 Å². The molecule has 0 aliphatic heterocycles. The first-order valence-corrected chi connectivity index (χ1v) is 14.9. The van der Waals surface area contributed by atoms with Gasteiger partial charge in [-0.2, -0.15) is 0 Å². The summed E-state index contributed by atoms with van der Waals surface area (Å²) >= 11 is 0. The maximum absolute atomic E-state index is 14.5. The van der Waals surface area contributed by atoms with Gasteiger partial charge in [0.2, 0.25) is 11.8 Å². The van der Waals surface area contributed by atoms with E-state index in [0.29, 0.717) is 23.1 Å². The first-order chi connectivity index (χ1) is 19.8. The van der Waals surface area contributed by atoms with Crippen molar-refractivity contribution in [3.63, 3.8) is 0 Å². The number of para-hydroxylation sites is 1. The summed E-state index contributed by atoms with van der Waals surface area (Å²) in [4.78, 5) is 42.8. The van der Waals surface area contributed by atoms with Crippen molar-refractivity contribution in [1.29, 1.82) is 0 Å². The second-order valence-corrected chi connectivity index (χ2v) is 11.9. The van der Waals surface area contributed by atoms with Gasteiger partial charge >= 0.3 is 6.09 Å². The second-order valence-electron chi connectivity index (χ2n) is 11.9. The molecule has 3 atom stereocenters. The Bertz CT molecular complexity index is 1180. The van der Waals surface area contributed by atoms with Gasteiger partial charge in [-0.1, -0.05) is 63.4 Å². The van der Waals surface area contributed by atoms with Crippen molar-refractivity contribution in [3.05, 3.63) is 59.2 Å². The van der Waals surface area contributed by atoms with Gasteiger partial charge in [0.1, 0.15) is 29.2 Å². The molecule has 0 saturated heterocycles. The van der Waals surface area contributed by atoms with Gasteiger partial charge in [-0.3, -0.25) is 9.59 Å². The zero-order valence-corrected chi connectivity index (χ0v) is 26.2. The molecule has 0 heterocycles. The minimum atomic E-state index is -1.13. The van der Waals surface area contributed by atoms with E-state index in [9.17, 15) is 24.6 Å². The largest absolute Gasteiger partial charge is 0.508 e. The molecule has 0 spiro atoms. The minimum Gasteiger partial charge on any atom is -0.508 e. The van der Waals surface area contributed by atoms with E-state index in [1.165, 1.54) is 17.0 Å². The first kappa shape index (κ1) is 34.5. The molecule has 2 rings (SSSR count). The Kier molecular flexibility index (Phi) is 13.2. The van der Waals surface area contributed by atoms with Crippen molar-refractivity contribution in [2.75, 3.05) is 6.54 Å². The normalized spacial score (nSPS) is 13.5. The number of ether oxygens (including phenoxy) is 1. The number of hydrogen-bond donors (Lipinski definition) is 4. The Balaban J connectivity index is 2.62. The molecule has 4 N–H and O–H groups in total. The molecule has 0 saturated carbocycles. The smallest absolute Gasteiger partial charge is 0.408 e. The first-order valence-electron chi connectivity index (χ1n) is 14.9. The van der Waals surface area contributed by atoms with Crippen LogP contribution in [-0.4, -0.2) is 57.3 Å². The molecule has 9 heteroatoms. The minimum absolute atomic E-state index is 0.0516. The summed E-state index contributed by atoms with van der Waals surface area (Å²) in [6.07, 6.45) is 3.32. The quantitative estimate of drug-likeness (QED) is 0.205. The topological polar surface area (TPSA) is 128 Å². The number of phenols is 2. The maximum atomic E-state index is 14.5. The van der Waals surface area contributed by atoms with Gasteiger partial charge in [0.05, 0.1) is 0 Å². The van der Waals surface area contributed by atoms with Crippen molar-refractivity contribution in [3.8, 4) is 11.5 Å². The van der Waals surface area contributed by atoms with Crippen LogP contribution in [0.1, 0.15) is 96.4 Å². The Morgan fingerprint density at radius 2 is 1.62 bits per heavy atom. The summed E-state index contributed by atoms with van der Waals surface area (Å²) in [6, 6.07) is 9.19. The van der Waals surface area contributed by atoms with E-state index in [4.69, 9.17) is 4.74 Å². The van der Waals surface area contributed by atoms with E-state index in [2.05, 4.69) is 10.6 Å². The van der Waals surface area contributed by atoms with Gasteiger partial charge in [-0.15, -0.1) is 0 Å². The van der Waals surface area contributed by atoms with Crippen LogP contribution in [0.15, 0.2) is 42.5 Å². The lowest BCUT2D eigenvalue weighted by molar-refractivity contribution is -0.143. The number of carbonyl (C=O) groups is 3. The average molecular weight is 584 g/mol. The van der Waals surface area contributed by atoms with Gasteiger partial charge < -0.3 is 30.5 Å². The monoisotopic (exact) mass is 583 g/mol. The van der Waals surface area contributed by atoms with Crippen molar-refractivity contribution >= 4 is 17.9 Å². The van der Waals surface area contributed by atoms with Crippen LogP contribution in [0.5, 0.6) is 11.5 Å². The number of unbranched alkanes of at least 4 members (excludes halogenated alkanes) is 2. The second kappa shape index (κ2) is 16.0. The number of aromatic hydroxyl groups is 2. The van der Waals surface area contributed by atoms with Crippen molar-refractivity contribution < 1.29 is 29.3 Å². The van der Waals surface area contributed by atoms with Crippen LogP contribution in [-0.2, 0) is 20.7 Å². The molecule has 0 aliphatic rings. The zero-order valence-electron chi connectivity index (χ0n) is 26.2. The molecule has 2 aromatic rings. The summed E-state index contributed by atoms with van der Waals surface area (Å²) in [6.45, 7) is 13.2. The van der Waals surface area contributed by atoms with Crippen molar-refractivity contribution in [1.82, 2.24) is 15.5 Å². The molecule has 0 fully saturated rings. The zero-order chi connectivity index (χ0) is 31.4. The van der Waals surface area contributed by atoms with Crippen LogP contribution in [0, 0.1) is 6.92 Å². The molecule has 0 aliphatic carbocycles. The summed E-state index contributed by atoms with van der Waals surface area (Å²) in [5.41, 5.74) is 0.816. The van der Waals surface area contributed by atoms with E-state index in [1.807, 2.05) is 20.8 Å². The Morgan fingerprint density at radius 3 is 2.21 bits per heavy atom. The number of benzene rings is 2. The number of nitrogens with zero attached hydrogens (tertiary/aromatic N) is 1. The highest BCUT2D eigenvalue weighted by Crippen LogP contribution is 2.33. The Morgan fingerprint density at radius 1 is 0.952 bits per heavy atom. The molecular formula is C33H49N3O6. The molecule has 0 radical (unpaired) electrons. The van der Waals surface area contributed by atoms with Crippen LogP contribution < -0.4 is 10.6 Å². The summed E-state index contributed by atoms with van der Waals surface area (Å²) in [5, 5.41) is 26.6. The number of nitrogens with one attached hydrogen (secondary N) is 2. The predicted octanol–water partition coefficient (Wildman–Crippen LogP) is 5.91. The van der Waals surface area contributed by atoms with Gasteiger partial charge in [0, 0.05) is 24.6 Å². The van der Waals surface area contributed by atoms with E-state index in [1.54, 1.807) is 58.0 Å². The van der Waals surface area contributed by atoms with E-state index < -0.39 is 35.6 Å². The lowest BCUT2D eigenvalue weighted by Gasteiger charge is -2.35. The van der Waals surface area contributed by atoms with Crippen molar-refractivity contribution in [2.45, 2.75) is 111 Å². The standard InChI is InChI=1S/C33H49N3O6/c1-8-10-11-20-36(28(30(39)34-23(4)13-9-2)26-15-12-14-22(3)29(26)38)31(40)27(35-32(41)42-33(5,6)7)21-24-16-18-25(37)19-17-24/h12,14-19,23,27-28,37-38H,8-11,13,20-21H2,1-7H3,(H,34,39)(H,35,41). The van der Waals surface area contributed by atoms with E-state index in [0.717, 1.165) is 25.7 Å². The van der Waals surface area contributed by atoms with E-state index in [-0.39, 0.29) is 30.5 Å².